The molecule has 140 valence electrons. The number of benzene rings is 2. The van der Waals surface area contributed by atoms with Crippen LogP contribution in [-0.2, 0) is 21.4 Å². The van der Waals surface area contributed by atoms with Crippen LogP contribution in [0.4, 0.5) is 0 Å². The molecule has 0 saturated heterocycles. The highest BCUT2D eigenvalue weighted by atomic mass is 35.5. The predicted octanol–water partition coefficient (Wildman–Crippen LogP) is 1.30. The van der Waals surface area contributed by atoms with E-state index in [0.717, 1.165) is 5.56 Å². The molecule has 0 heterocycles. The zero-order chi connectivity index (χ0) is 19.2. The number of sulfonamides is 1. The highest BCUT2D eigenvalue weighted by molar-refractivity contribution is 7.89. The summed E-state index contributed by atoms with van der Waals surface area (Å²) in [6, 6.07) is 11.2. The van der Waals surface area contributed by atoms with Crippen LogP contribution in [0.3, 0.4) is 0 Å². The van der Waals surface area contributed by atoms with Crippen LogP contribution >= 0.6 is 11.6 Å². The first-order chi connectivity index (χ1) is 12.4. The number of rotatable bonds is 8. The second-order valence-electron chi connectivity index (χ2n) is 5.38. The lowest BCUT2D eigenvalue weighted by atomic mass is 10.2. The molecule has 2 aromatic rings. The number of methoxy groups -OCH3 is 1. The number of nitrogens with one attached hydrogen (secondary N) is 2. The third-order valence-electron chi connectivity index (χ3n) is 3.55. The van der Waals surface area contributed by atoms with Gasteiger partial charge >= 0.3 is 0 Å². The van der Waals surface area contributed by atoms with Gasteiger partial charge in [-0.2, -0.15) is 4.72 Å². The van der Waals surface area contributed by atoms with E-state index >= 15 is 0 Å². The zero-order valence-electron chi connectivity index (χ0n) is 14.0. The number of halogens is 1. The SMILES string of the molecule is COc1ccc(S(=O)(=O)NC(CO)C(=O)NCc2ccc(Cl)cc2)cc1. The fourth-order valence-corrected chi connectivity index (χ4v) is 3.41. The summed E-state index contributed by atoms with van der Waals surface area (Å²) >= 11 is 5.79. The number of aliphatic hydroxyl groups is 1. The van der Waals surface area contributed by atoms with Crippen LogP contribution in [0.2, 0.25) is 5.02 Å². The van der Waals surface area contributed by atoms with Gasteiger partial charge < -0.3 is 15.2 Å². The van der Waals surface area contributed by atoms with Gasteiger partial charge in [0.25, 0.3) is 0 Å². The minimum absolute atomic E-state index is 0.0396. The molecule has 0 fully saturated rings. The molecule has 1 atom stereocenters. The van der Waals surface area contributed by atoms with E-state index < -0.39 is 28.6 Å². The Labute approximate surface area is 157 Å². The van der Waals surface area contributed by atoms with Crippen LogP contribution in [0.25, 0.3) is 0 Å². The molecule has 0 spiro atoms. The van der Waals surface area contributed by atoms with Crippen molar-refractivity contribution < 1.29 is 23.1 Å². The summed E-state index contributed by atoms with van der Waals surface area (Å²) in [6.07, 6.45) is 0. The fraction of sp³-hybridized carbons (Fsp3) is 0.235. The normalized spacial score (nSPS) is 12.4. The van der Waals surface area contributed by atoms with Crippen molar-refractivity contribution in [3.63, 3.8) is 0 Å². The minimum Gasteiger partial charge on any atom is -0.497 e. The fourth-order valence-electron chi connectivity index (χ4n) is 2.10. The molecule has 0 saturated carbocycles. The highest BCUT2D eigenvalue weighted by Gasteiger charge is 2.25. The van der Waals surface area contributed by atoms with Crippen LogP contribution < -0.4 is 14.8 Å². The lowest BCUT2D eigenvalue weighted by molar-refractivity contribution is -0.123. The van der Waals surface area contributed by atoms with E-state index in [1.807, 2.05) is 0 Å². The molecule has 2 aromatic carbocycles. The number of aliphatic hydroxyl groups excluding tert-OH is 1. The Bertz CT molecular complexity index is 838. The van der Waals surface area contributed by atoms with E-state index in [-0.39, 0.29) is 11.4 Å². The number of hydrogen-bond acceptors (Lipinski definition) is 5. The van der Waals surface area contributed by atoms with Crippen molar-refractivity contribution in [1.29, 1.82) is 0 Å². The molecular weight excluding hydrogens is 380 g/mol. The Balaban J connectivity index is 2.01. The highest BCUT2D eigenvalue weighted by Crippen LogP contribution is 2.15. The largest absolute Gasteiger partial charge is 0.497 e. The molecule has 9 heteroatoms. The average molecular weight is 399 g/mol. The first kappa shape index (κ1) is 20.2. The number of amides is 1. The summed E-state index contributed by atoms with van der Waals surface area (Å²) in [5, 5.41) is 12.5. The molecule has 0 bridgehead atoms. The van der Waals surface area contributed by atoms with Crippen LogP contribution in [0.1, 0.15) is 5.56 Å². The molecule has 1 unspecified atom stereocenters. The average Bonchev–Trinajstić information content (AvgIpc) is 2.65. The maximum atomic E-state index is 12.4. The summed E-state index contributed by atoms with van der Waals surface area (Å²) in [5.41, 5.74) is 0.789. The summed E-state index contributed by atoms with van der Waals surface area (Å²) in [4.78, 5) is 12.1. The van der Waals surface area contributed by atoms with Crippen molar-refractivity contribution in [2.45, 2.75) is 17.5 Å². The molecule has 0 aliphatic heterocycles. The smallest absolute Gasteiger partial charge is 0.241 e. The zero-order valence-corrected chi connectivity index (χ0v) is 15.5. The quantitative estimate of drug-likeness (QED) is 0.621. The van der Waals surface area contributed by atoms with E-state index in [9.17, 15) is 18.3 Å². The molecule has 7 nitrogen and oxygen atoms in total. The van der Waals surface area contributed by atoms with Gasteiger partial charge in [0.15, 0.2) is 0 Å². The second kappa shape index (κ2) is 9.00. The Kier molecular flexibility index (Phi) is 6.98. The molecular formula is C17H19ClN2O5S. The van der Waals surface area contributed by atoms with Gasteiger partial charge in [0.1, 0.15) is 11.8 Å². The Morgan fingerprint density at radius 1 is 1.15 bits per heavy atom. The van der Waals surface area contributed by atoms with Gasteiger partial charge in [-0.15, -0.1) is 0 Å². The number of carbonyl (C=O) groups excluding carboxylic acids is 1. The van der Waals surface area contributed by atoms with Gasteiger partial charge in [-0.3, -0.25) is 4.79 Å². The van der Waals surface area contributed by atoms with Crippen LogP contribution in [0.5, 0.6) is 5.75 Å². The lowest BCUT2D eigenvalue weighted by Gasteiger charge is -2.16. The standard InChI is InChI=1S/C17H19ClN2O5S/c1-25-14-6-8-15(9-7-14)26(23,24)20-16(11-21)17(22)19-10-12-2-4-13(18)5-3-12/h2-9,16,20-21H,10-11H2,1H3,(H,19,22). The van der Waals surface area contributed by atoms with Gasteiger partial charge in [-0.25, -0.2) is 8.42 Å². The van der Waals surface area contributed by atoms with Gasteiger partial charge in [0, 0.05) is 11.6 Å². The molecule has 0 radical (unpaired) electrons. The number of ether oxygens (including phenoxy) is 1. The topological polar surface area (TPSA) is 105 Å². The number of carbonyl (C=O) groups is 1. The molecule has 2 rings (SSSR count). The summed E-state index contributed by atoms with van der Waals surface area (Å²) in [7, 11) is -2.51. The first-order valence-corrected chi connectivity index (χ1v) is 9.51. The first-order valence-electron chi connectivity index (χ1n) is 7.65. The maximum Gasteiger partial charge on any atom is 0.241 e. The third-order valence-corrected chi connectivity index (χ3v) is 5.29. The lowest BCUT2D eigenvalue weighted by Crippen LogP contribution is -2.48. The van der Waals surface area contributed by atoms with E-state index in [2.05, 4.69) is 10.0 Å². The van der Waals surface area contributed by atoms with E-state index in [0.29, 0.717) is 10.8 Å². The van der Waals surface area contributed by atoms with Crippen molar-refractivity contribution in [1.82, 2.24) is 10.0 Å². The molecule has 1 amide bonds. The Morgan fingerprint density at radius 3 is 2.31 bits per heavy atom. The minimum atomic E-state index is -3.97. The van der Waals surface area contributed by atoms with Gasteiger partial charge in [0.05, 0.1) is 18.6 Å². The van der Waals surface area contributed by atoms with Crippen molar-refractivity contribution in [2.75, 3.05) is 13.7 Å². The second-order valence-corrected chi connectivity index (χ2v) is 7.53. The number of hydrogen-bond donors (Lipinski definition) is 3. The molecule has 0 aliphatic rings. The monoisotopic (exact) mass is 398 g/mol. The van der Waals surface area contributed by atoms with Gasteiger partial charge in [-0.05, 0) is 42.0 Å². The van der Waals surface area contributed by atoms with Crippen molar-refractivity contribution in [3.8, 4) is 5.75 Å². The summed E-state index contributed by atoms with van der Waals surface area (Å²) in [6.45, 7) is -0.501. The maximum absolute atomic E-state index is 12.4. The van der Waals surface area contributed by atoms with Gasteiger partial charge in [0.2, 0.25) is 15.9 Å². The van der Waals surface area contributed by atoms with Crippen molar-refractivity contribution >= 4 is 27.5 Å². The van der Waals surface area contributed by atoms with Crippen molar-refractivity contribution in [2.24, 2.45) is 0 Å². The van der Waals surface area contributed by atoms with Crippen LogP contribution in [0.15, 0.2) is 53.4 Å². The summed E-state index contributed by atoms with van der Waals surface area (Å²) in [5.74, 6) is -0.136. The predicted molar refractivity (Wildman–Crippen MR) is 97.5 cm³/mol. The van der Waals surface area contributed by atoms with Crippen molar-refractivity contribution in [3.05, 3.63) is 59.1 Å². The van der Waals surface area contributed by atoms with Crippen LogP contribution in [0, 0.1) is 0 Å². The van der Waals surface area contributed by atoms with E-state index in [4.69, 9.17) is 16.3 Å². The van der Waals surface area contributed by atoms with E-state index in [1.54, 1.807) is 24.3 Å². The third kappa shape index (κ3) is 5.43. The van der Waals surface area contributed by atoms with Crippen LogP contribution in [-0.4, -0.2) is 39.2 Å². The van der Waals surface area contributed by atoms with E-state index in [1.165, 1.54) is 31.4 Å². The molecule has 0 aromatic heterocycles. The Morgan fingerprint density at radius 2 is 1.77 bits per heavy atom. The summed E-state index contributed by atoms with van der Waals surface area (Å²) < 4.78 is 31.9. The Hall–Kier alpha value is -2.13. The molecule has 26 heavy (non-hydrogen) atoms. The van der Waals surface area contributed by atoms with Gasteiger partial charge in [-0.1, -0.05) is 23.7 Å². The molecule has 3 N–H and O–H groups in total. The molecule has 0 aliphatic carbocycles.